The zero-order chi connectivity index (χ0) is 19.7. The van der Waals surface area contributed by atoms with Crippen molar-refractivity contribution in [1.29, 1.82) is 0 Å². The van der Waals surface area contributed by atoms with Gasteiger partial charge < -0.3 is 14.6 Å². The van der Waals surface area contributed by atoms with E-state index in [-0.39, 0.29) is 18.9 Å². The maximum Gasteiger partial charge on any atom is 0.502 e. The van der Waals surface area contributed by atoms with E-state index in [1.54, 1.807) is 29.2 Å². The topological polar surface area (TPSA) is 98.2 Å². The van der Waals surface area contributed by atoms with Crippen LogP contribution in [0.1, 0.15) is 5.76 Å². The highest BCUT2D eigenvalue weighted by atomic mass is 19.1. The summed E-state index contributed by atoms with van der Waals surface area (Å²) in [5.74, 6) is -1.85. The molecule has 3 amide bonds. The molecule has 0 bridgehead atoms. The van der Waals surface area contributed by atoms with Crippen LogP contribution in [0.2, 0.25) is 0 Å². The van der Waals surface area contributed by atoms with Crippen molar-refractivity contribution in [3.63, 3.8) is 0 Å². The van der Waals surface area contributed by atoms with Gasteiger partial charge in [0.15, 0.2) is 0 Å². The first-order valence-electron chi connectivity index (χ1n) is 8.67. The van der Waals surface area contributed by atoms with Crippen LogP contribution >= 0.6 is 0 Å². The third kappa shape index (κ3) is 3.36. The van der Waals surface area contributed by atoms with E-state index in [9.17, 15) is 18.8 Å². The number of anilines is 1. The number of benzene rings is 1. The molecule has 10 heteroatoms. The molecule has 3 heterocycles. The van der Waals surface area contributed by atoms with E-state index in [2.05, 4.69) is 10.4 Å². The average molecular weight is 386 g/mol. The van der Waals surface area contributed by atoms with Crippen molar-refractivity contribution in [2.24, 2.45) is 5.11 Å². The standard InChI is InChI=1S/C18H16FN5O4/c19-12-3-5-13(6-4-12)22-7-8-23-16(26)17(27)24(21-18(22)23)11-15(25)20-10-14-2-1-9-28-14/h1-6,9,18H,7-8,10-11H2/p+1. The maximum atomic E-state index is 13.2. The number of nitrogens with zero attached hydrogens (tertiary/aromatic N) is 4. The van der Waals surface area contributed by atoms with E-state index >= 15 is 0 Å². The summed E-state index contributed by atoms with van der Waals surface area (Å²) in [6, 6.07) is 9.19. The molecule has 1 atom stereocenters. The van der Waals surface area contributed by atoms with E-state index in [1.807, 2.05) is 0 Å². The van der Waals surface area contributed by atoms with Gasteiger partial charge in [-0.1, -0.05) is 0 Å². The summed E-state index contributed by atoms with van der Waals surface area (Å²) in [5.41, 5.74) is 0.669. The van der Waals surface area contributed by atoms with Gasteiger partial charge in [0.2, 0.25) is 0 Å². The van der Waals surface area contributed by atoms with Gasteiger partial charge in [-0.15, -0.1) is 0 Å². The molecule has 0 radical (unpaired) electrons. The SMILES string of the molecule is O=C(C[N+]1=NC2N(CCN2c2ccc(F)cc2)C(=O)C1=O)NCc1ccco1. The molecule has 1 fully saturated rings. The van der Waals surface area contributed by atoms with E-state index in [4.69, 9.17) is 4.42 Å². The van der Waals surface area contributed by atoms with Crippen molar-refractivity contribution in [3.8, 4) is 0 Å². The Morgan fingerprint density at radius 3 is 2.68 bits per heavy atom. The number of furan rings is 1. The Morgan fingerprint density at radius 2 is 1.96 bits per heavy atom. The fraction of sp³-hybridized carbons (Fsp3) is 0.278. The lowest BCUT2D eigenvalue weighted by atomic mass is 10.3. The van der Waals surface area contributed by atoms with E-state index < -0.39 is 24.0 Å². The summed E-state index contributed by atoms with van der Waals surface area (Å²) >= 11 is 0. The Morgan fingerprint density at radius 1 is 1.21 bits per heavy atom. The van der Waals surface area contributed by atoms with Crippen molar-refractivity contribution < 1.29 is 27.9 Å². The molecule has 28 heavy (non-hydrogen) atoms. The lowest BCUT2D eigenvalue weighted by molar-refractivity contribution is -0.509. The number of hydrogen-bond donors (Lipinski definition) is 1. The van der Waals surface area contributed by atoms with Crippen molar-refractivity contribution in [1.82, 2.24) is 10.2 Å². The fourth-order valence-corrected chi connectivity index (χ4v) is 3.15. The van der Waals surface area contributed by atoms with E-state index in [0.29, 0.717) is 24.5 Å². The second kappa shape index (κ2) is 7.22. The molecule has 1 aromatic carbocycles. The minimum atomic E-state index is -0.856. The summed E-state index contributed by atoms with van der Waals surface area (Å²) in [7, 11) is 0. The van der Waals surface area contributed by atoms with Crippen LogP contribution in [-0.4, -0.2) is 53.2 Å². The summed E-state index contributed by atoms with van der Waals surface area (Å²) < 4.78 is 19.2. The second-order valence-corrected chi connectivity index (χ2v) is 6.35. The third-order valence-corrected chi connectivity index (χ3v) is 4.55. The highest BCUT2D eigenvalue weighted by molar-refractivity contribution is 6.31. The van der Waals surface area contributed by atoms with Crippen molar-refractivity contribution in [2.45, 2.75) is 12.8 Å². The fourth-order valence-electron chi connectivity index (χ4n) is 3.15. The summed E-state index contributed by atoms with van der Waals surface area (Å²) in [6.45, 7) is 0.540. The molecule has 2 aliphatic heterocycles. The first kappa shape index (κ1) is 17.8. The number of amides is 3. The van der Waals surface area contributed by atoms with Crippen molar-refractivity contribution >= 4 is 23.4 Å². The molecule has 2 aromatic rings. The normalized spacial score (nSPS) is 18.9. The van der Waals surface area contributed by atoms with E-state index in [0.717, 1.165) is 4.70 Å². The van der Waals surface area contributed by atoms with Gasteiger partial charge in [0.25, 0.3) is 18.7 Å². The Balaban J connectivity index is 1.51. The van der Waals surface area contributed by atoms with E-state index in [1.165, 1.54) is 23.3 Å². The van der Waals surface area contributed by atoms with Gasteiger partial charge in [-0.3, -0.25) is 14.5 Å². The quantitative estimate of drug-likeness (QED) is 0.602. The monoisotopic (exact) mass is 386 g/mol. The Labute approximate surface area is 159 Å². The van der Waals surface area contributed by atoms with Crippen molar-refractivity contribution in [2.75, 3.05) is 24.5 Å². The van der Waals surface area contributed by atoms with Crippen LogP contribution < -0.4 is 10.2 Å². The zero-order valence-corrected chi connectivity index (χ0v) is 14.7. The molecule has 0 spiro atoms. The number of hydrogen-bond acceptors (Lipinski definition) is 6. The maximum absolute atomic E-state index is 13.2. The first-order valence-corrected chi connectivity index (χ1v) is 8.67. The molecule has 1 saturated heterocycles. The van der Waals surface area contributed by atoms with Crippen LogP contribution in [0, 0.1) is 5.82 Å². The number of rotatable bonds is 5. The van der Waals surface area contributed by atoms with Crippen LogP contribution in [0.15, 0.2) is 52.2 Å². The Bertz CT molecular complexity index is 941. The van der Waals surface area contributed by atoms with Gasteiger partial charge in [0.05, 0.1) is 12.8 Å². The molecule has 1 aromatic heterocycles. The first-order chi connectivity index (χ1) is 13.5. The number of carbonyl (C=O) groups excluding carboxylic acids is 3. The minimum Gasteiger partial charge on any atom is -0.467 e. The molecule has 1 unspecified atom stereocenters. The molecule has 0 aliphatic carbocycles. The zero-order valence-electron chi connectivity index (χ0n) is 14.7. The van der Waals surface area contributed by atoms with Crippen molar-refractivity contribution in [3.05, 3.63) is 54.2 Å². The predicted molar refractivity (Wildman–Crippen MR) is 92.4 cm³/mol. The van der Waals surface area contributed by atoms with Gasteiger partial charge in [0.1, 0.15) is 11.6 Å². The average Bonchev–Trinajstić information content (AvgIpc) is 3.35. The van der Waals surface area contributed by atoms with Crippen LogP contribution in [0.4, 0.5) is 10.1 Å². The smallest absolute Gasteiger partial charge is 0.467 e. The van der Waals surface area contributed by atoms with Crippen LogP contribution in [0.25, 0.3) is 0 Å². The Kier molecular flexibility index (Phi) is 4.60. The number of carbonyl (C=O) groups is 3. The number of halogens is 1. The van der Waals surface area contributed by atoms with Crippen LogP contribution in [0.3, 0.4) is 0 Å². The molecule has 2 aliphatic rings. The highest BCUT2D eigenvalue weighted by Gasteiger charge is 2.49. The van der Waals surface area contributed by atoms with Gasteiger partial charge >= 0.3 is 11.8 Å². The predicted octanol–water partition coefficient (Wildman–Crippen LogP) is 0.672. The second-order valence-electron chi connectivity index (χ2n) is 6.35. The lowest BCUT2D eigenvalue weighted by Crippen LogP contribution is -2.53. The van der Waals surface area contributed by atoms with Gasteiger partial charge in [-0.25, -0.2) is 9.18 Å². The molecule has 1 N–H and O–H groups in total. The van der Waals surface area contributed by atoms with Crippen LogP contribution in [-0.2, 0) is 20.9 Å². The Hall–Kier alpha value is -3.56. The largest absolute Gasteiger partial charge is 0.502 e. The number of fused-ring (bicyclic) bond motifs is 1. The summed E-state index contributed by atoms with van der Waals surface area (Å²) in [4.78, 5) is 40.0. The molecule has 9 nitrogen and oxygen atoms in total. The minimum absolute atomic E-state index is 0.166. The number of azo groups is 2. The highest BCUT2D eigenvalue weighted by Crippen LogP contribution is 2.27. The van der Waals surface area contributed by atoms with Gasteiger partial charge in [-0.2, -0.15) is 0 Å². The summed E-state index contributed by atoms with van der Waals surface area (Å²) in [6.07, 6.45) is 0.732. The molecular formula is C18H17FN5O4+. The van der Waals surface area contributed by atoms with Crippen LogP contribution in [0.5, 0.6) is 0 Å². The lowest BCUT2D eigenvalue weighted by Gasteiger charge is -2.26. The summed E-state index contributed by atoms with van der Waals surface area (Å²) in [5, 5.41) is 6.89. The molecular weight excluding hydrogens is 369 g/mol. The van der Waals surface area contributed by atoms with Gasteiger partial charge in [-0.05, 0) is 41.1 Å². The van der Waals surface area contributed by atoms with Gasteiger partial charge in [0, 0.05) is 23.9 Å². The molecule has 4 rings (SSSR count). The number of nitrogens with one attached hydrogen (secondary N) is 1. The third-order valence-electron chi connectivity index (χ3n) is 4.55. The molecule has 144 valence electrons. The molecule has 0 saturated carbocycles.